The van der Waals surface area contributed by atoms with Gasteiger partial charge in [-0.25, -0.2) is 0 Å². The second kappa shape index (κ2) is 8.17. The molecule has 2 aliphatic heterocycles. The summed E-state index contributed by atoms with van der Waals surface area (Å²) in [6, 6.07) is 4.09. The van der Waals surface area contributed by atoms with Gasteiger partial charge in [-0.2, -0.15) is 15.0 Å². The Morgan fingerprint density at radius 3 is 2.00 bits per heavy atom. The number of aromatic nitrogens is 4. The highest BCUT2D eigenvalue weighted by Crippen LogP contribution is 2.25. The van der Waals surface area contributed by atoms with E-state index in [-0.39, 0.29) is 0 Å². The number of hydrogen-bond acceptors (Lipinski definition) is 7. The van der Waals surface area contributed by atoms with Gasteiger partial charge in [0, 0.05) is 43.1 Å². The Morgan fingerprint density at radius 1 is 0.741 bits per heavy atom. The molecular weight excluding hydrogens is 340 g/mol. The molecule has 0 radical (unpaired) electrons. The Hall–Kier alpha value is -2.28. The van der Waals surface area contributed by atoms with E-state index < -0.39 is 0 Å². The van der Waals surface area contributed by atoms with Crippen LogP contribution in [-0.4, -0.2) is 59.3 Å². The highest BCUT2D eigenvalue weighted by molar-refractivity contribution is 5.61. The van der Waals surface area contributed by atoms with Gasteiger partial charge in [-0.3, -0.25) is 4.98 Å². The van der Waals surface area contributed by atoms with E-state index in [0.29, 0.717) is 13.2 Å². The maximum absolute atomic E-state index is 5.50. The van der Waals surface area contributed by atoms with Gasteiger partial charge in [0.05, 0.1) is 13.2 Å². The van der Waals surface area contributed by atoms with Gasteiger partial charge in [-0.1, -0.05) is 12.8 Å². The molecule has 2 aromatic heterocycles. The van der Waals surface area contributed by atoms with Crippen LogP contribution in [0.3, 0.4) is 0 Å². The minimum Gasteiger partial charge on any atom is -0.378 e. The van der Waals surface area contributed by atoms with Crippen LogP contribution in [0.2, 0.25) is 0 Å². The van der Waals surface area contributed by atoms with E-state index in [4.69, 9.17) is 19.7 Å². The summed E-state index contributed by atoms with van der Waals surface area (Å²) in [6.45, 7) is 9.10. The maximum Gasteiger partial charge on any atom is 0.230 e. The number of hydrogen-bond donors (Lipinski definition) is 0. The molecule has 0 atom stereocenters. The third kappa shape index (κ3) is 4.18. The first kappa shape index (κ1) is 18.1. The van der Waals surface area contributed by atoms with Crippen molar-refractivity contribution in [1.82, 2.24) is 19.9 Å². The summed E-state index contributed by atoms with van der Waals surface area (Å²) in [7, 11) is 0. The van der Waals surface area contributed by atoms with Crippen LogP contribution in [0.25, 0.3) is 11.4 Å². The van der Waals surface area contributed by atoms with Crippen molar-refractivity contribution in [2.75, 3.05) is 49.2 Å². The highest BCUT2D eigenvalue weighted by Gasteiger charge is 2.21. The molecule has 2 saturated heterocycles. The summed E-state index contributed by atoms with van der Waals surface area (Å²) in [4.78, 5) is 23.6. The molecule has 2 fully saturated rings. The van der Waals surface area contributed by atoms with Gasteiger partial charge < -0.3 is 14.5 Å². The minimum atomic E-state index is 0.713. The van der Waals surface area contributed by atoms with Crippen molar-refractivity contribution in [3.8, 4) is 11.4 Å². The summed E-state index contributed by atoms with van der Waals surface area (Å²) in [6.07, 6.45) is 4.95. The summed E-state index contributed by atoms with van der Waals surface area (Å²) < 4.78 is 5.50. The number of morpholine rings is 1. The zero-order valence-corrected chi connectivity index (χ0v) is 16.3. The highest BCUT2D eigenvalue weighted by atomic mass is 16.5. The van der Waals surface area contributed by atoms with Gasteiger partial charge in [0.1, 0.15) is 0 Å². The molecule has 7 nitrogen and oxygen atoms in total. The lowest BCUT2D eigenvalue weighted by atomic mass is 10.2. The first-order valence-electron chi connectivity index (χ1n) is 9.99. The lowest BCUT2D eigenvalue weighted by molar-refractivity contribution is 0.122. The van der Waals surface area contributed by atoms with Crippen LogP contribution in [0.4, 0.5) is 11.9 Å². The Labute approximate surface area is 160 Å². The predicted molar refractivity (Wildman–Crippen MR) is 106 cm³/mol. The van der Waals surface area contributed by atoms with Gasteiger partial charge in [0.15, 0.2) is 5.82 Å². The van der Waals surface area contributed by atoms with E-state index in [0.717, 1.165) is 60.9 Å². The molecule has 0 unspecified atom stereocenters. The molecule has 2 aromatic rings. The number of aryl methyl sites for hydroxylation is 2. The summed E-state index contributed by atoms with van der Waals surface area (Å²) in [5, 5.41) is 0. The van der Waals surface area contributed by atoms with Crippen molar-refractivity contribution in [3.05, 3.63) is 23.5 Å². The van der Waals surface area contributed by atoms with E-state index >= 15 is 0 Å². The van der Waals surface area contributed by atoms with Gasteiger partial charge in [-0.05, 0) is 38.8 Å². The Balaban J connectivity index is 1.75. The molecule has 0 N–H and O–H groups in total. The number of nitrogens with zero attached hydrogens (tertiary/aromatic N) is 6. The number of anilines is 2. The van der Waals surface area contributed by atoms with Crippen molar-refractivity contribution in [2.45, 2.75) is 39.5 Å². The van der Waals surface area contributed by atoms with Crippen LogP contribution >= 0.6 is 0 Å². The lowest BCUT2D eigenvalue weighted by Gasteiger charge is -2.28. The zero-order chi connectivity index (χ0) is 18.6. The quantitative estimate of drug-likeness (QED) is 0.825. The van der Waals surface area contributed by atoms with Crippen LogP contribution in [0.1, 0.15) is 37.1 Å². The van der Waals surface area contributed by atoms with Crippen LogP contribution in [0.15, 0.2) is 12.1 Å². The standard InChI is InChI=1S/C20H28N6O/c1-15-7-8-17(16(2)21-15)18-22-19(25-9-5-3-4-6-10-25)24-20(23-18)26-11-13-27-14-12-26/h7-8H,3-6,9-14H2,1-2H3. The van der Waals surface area contributed by atoms with Gasteiger partial charge in [0.2, 0.25) is 11.9 Å². The molecule has 4 heterocycles. The molecule has 0 aromatic carbocycles. The largest absolute Gasteiger partial charge is 0.378 e. The number of pyridine rings is 1. The second-order valence-corrected chi connectivity index (χ2v) is 7.35. The zero-order valence-electron chi connectivity index (χ0n) is 16.3. The molecule has 2 aliphatic rings. The van der Waals surface area contributed by atoms with Crippen molar-refractivity contribution < 1.29 is 4.74 Å². The molecule has 0 bridgehead atoms. The molecule has 0 spiro atoms. The first-order chi connectivity index (χ1) is 13.2. The lowest BCUT2D eigenvalue weighted by Crippen LogP contribution is -2.38. The van der Waals surface area contributed by atoms with Crippen LogP contribution in [-0.2, 0) is 4.74 Å². The molecule has 0 aliphatic carbocycles. The molecule has 144 valence electrons. The van der Waals surface area contributed by atoms with Crippen molar-refractivity contribution in [3.63, 3.8) is 0 Å². The molecular formula is C20H28N6O. The van der Waals surface area contributed by atoms with Crippen molar-refractivity contribution >= 4 is 11.9 Å². The average Bonchev–Trinajstić information content (AvgIpc) is 2.98. The summed E-state index contributed by atoms with van der Waals surface area (Å²) in [5.41, 5.74) is 2.94. The summed E-state index contributed by atoms with van der Waals surface area (Å²) in [5.74, 6) is 2.27. The topological polar surface area (TPSA) is 67.3 Å². The van der Waals surface area contributed by atoms with E-state index in [1.165, 1.54) is 25.7 Å². The predicted octanol–water partition coefficient (Wildman–Crippen LogP) is 2.77. The van der Waals surface area contributed by atoms with Crippen LogP contribution < -0.4 is 9.80 Å². The molecule has 27 heavy (non-hydrogen) atoms. The number of rotatable bonds is 3. The average molecular weight is 368 g/mol. The Kier molecular flexibility index (Phi) is 5.48. The number of ether oxygens (including phenoxy) is 1. The van der Waals surface area contributed by atoms with E-state index in [1.807, 2.05) is 19.9 Å². The minimum absolute atomic E-state index is 0.713. The normalized spacial score (nSPS) is 18.4. The Morgan fingerprint density at radius 2 is 1.37 bits per heavy atom. The summed E-state index contributed by atoms with van der Waals surface area (Å²) >= 11 is 0. The van der Waals surface area contributed by atoms with Gasteiger partial charge in [0.25, 0.3) is 0 Å². The van der Waals surface area contributed by atoms with Crippen LogP contribution in [0, 0.1) is 13.8 Å². The van der Waals surface area contributed by atoms with Gasteiger partial charge >= 0.3 is 0 Å². The van der Waals surface area contributed by atoms with Crippen molar-refractivity contribution in [1.29, 1.82) is 0 Å². The Bertz CT molecular complexity index is 782. The third-order valence-corrected chi connectivity index (χ3v) is 5.26. The smallest absolute Gasteiger partial charge is 0.230 e. The monoisotopic (exact) mass is 368 g/mol. The van der Waals surface area contributed by atoms with E-state index in [1.54, 1.807) is 0 Å². The molecule has 7 heteroatoms. The van der Waals surface area contributed by atoms with Crippen molar-refractivity contribution in [2.24, 2.45) is 0 Å². The molecule has 0 amide bonds. The fourth-order valence-corrected chi connectivity index (χ4v) is 3.71. The molecule has 4 rings (SSSR count). The third-order valence-electron chi connectivity index (χ3n) is 5.26. The first-order valence-corrected chi connectivity index (χ1v) is 9.99. The maximum atomic E-state index is 5.50. The van der Waals surface area contributed by atoms with E-state index in [2.05, 4.69) is 20.9 Å². The SMILES string of the molecule is Cc1ccc(-c2nc(N3CCCCCC3)nc(N3CCOCC3)n2)c(C)n1. The fourth-order valence-electron chi connectivity index (χ4n) is 3.71. The van der Waals surface area contributed by atoms with Gasteiger partial charge in [-0.15, -0.1) is 0 Å². The van der Waals surface area contributed by atoms with Crippen LogP contribution in [0.5, 0.6) is 0 Å². The van der Waals surface area contributed by atoms with E-state index in [9.17, 15) is 0 Å². The second-order valence-electron chi connectivity index (χ2n) is 7.35. The molecule has 0 saturated carbocycles. The fraction of sp³-hybridized carbons (Fsp3) is 0.600.